The Balaban J connectivity index is 2.43. The van der Waals surface area contributed by atoms with Gasteiger partial charge in [0.15, 0.2) is 6.79 Å². The minimum Gasteiger partial charge on any atom is -0.468 e. The summed E-state index contributed by atoms with van der Waals surface area (Å²) in [5.74, 6) is 0.837. The highest BCUT2D eigenvalue weighted by Crippen LogP contribution is 2.07. The minimum absolute atomic E-state index is 0.310. The van der Waals surface area contributed by atoms with Crippen molar-refractivity contribution in [3.63, 3.8) is 0 Å². The predicted molar refractivity (Wildman–Crippen MR) is 38.9 cm³/mol. The molecule has 0 saturated carbocycles. The molecule has 1 aromatic rings. The number of benzene rings is 1. The van der Waals surface area contributed by atoms with Crippen LogP contribution >= 0.6 is 0 Å². The van der Waals surface area contributed by atoms with Crippen LogP contribution in [-0.2, 0) is 4.74 Å². The van der Waals surface area contributed by atoms with Gasteiger partial charge < -0.3 is 9.47 Å². The number of methoxy groups -OCH3 is 1. The van der Waals surface area contributed by atoms with Crippen LogP contribution in [0.4, 0.5) is 0 Å². The van der Waals surface area contributed by atoms with Gasteiger partial charge in [-0.25, -0.2) is 0 Å². The van der Waals surface area contributed by atoms with Crippen molar-refractivity contribution in [1.29, 1.82) is 0 Å². The van der Waals surface area contributed by atoms with Gasteiger partial charge in [0, 0.05) is 7.11 Å². The molecule has 0 N–H and O–H groups in total. The molecule has 0 aromatic heterocycles. The van der Waals surface area contributed by atoms with E-state index in [-0.39, 0.29) is 0 Å². The summed E-state index contributed by atoms with van der Waals surface area (Å²) in [6.07, 6.45) is 0. The van der Waals surface area contributed by atoms with Gasteiger partial charge in [0.2, 0.25) is 0 Å². The van der Waals surface area contributed by atoms with Crippen molar-refractivity contribution in [3.8, 4) is 5.75 Å². The lowest BCUT2D eigenvalue weighted by atomic mass is 10.3. The van der Waals surface area contributed by atoms with Crippen molar-refractivity contribution < 1.29 is 9.47 Å². The van der Waals surface area contributed by atoms with E-state index in [4.69, 9.17) is 9.47 Å². The predicted octanol–water partition coefficient (Wildman–Crippen LogP) is 1.67. The maximum absolute atomic E-state index is 5.13. The molecule has 10 heavy (non-hydrogen) atoms. The summed E-state index contributed by atoms with van der Waals surface area (Å²) in [5, 5.41) is 0. The number of hydrogen-bond acceptors (Lipinski definition) is 2. The van der Waals surface area contributed by atoms with Crippen molar-refractivity contribution in [2.45, 2.75) is 0 Å². The van der Waals surface area contributed by atoms with E-state index in [2.05, 4.69) is 0 Å². The van der Waals surface area contributed by atoms with Crippen LogP contribution in [0.15, 0.2) is 30.3 Å². The molecule has 0 heterocycles. The van der Waals surface area contributed by atoms with Gasteiger partial charge in [-0.3, -0.25) is 0 Å². The fourth-order valence-corrected chi connectivity index (χ4v) is 0.644. The lowest BCUT2D eigenvalue weighted by Gasteiger charge is -2.01. The fourth-order valence-electron chi connectivity index (χ4n) is 0.644. The maximum Gasteiger partial charge on any atom is 0.188 e. The molecule has 0 radical (unpaired) electrons. The molecule has 2 nitrogen and oxygen atoms in total. The van der Waals surface area contributed by atoms with E-state index < -0.39 is 0 Å². The smallest absolute Gasteiger partial charge is 0.188 e. The van der Waals surface area contributed by atoms with Crippen LogP contribution in [0.3, 0.4) is 0 Å². The second-order valence-corrected chi connectivity index (χ2v) is 1.86. The molecule has 0 aliphatic rings. The molecule has 0 spiro atoms. The number of ether oxygens (including phenoxy) is 2. The molecule has 0 fully saturated rings. The summed E-state index contributed by atoms with van der Waals surface area (Å²) >= 11 is 0. The van der Waals surface area contributed by atoms with E-state index >= 15 is 0 Å². The van der Waals surface area contributed by atoms with Crippen molar-refractivity contribution in [1.82, 2.24) is 0 Å². The Labute approximate surface area is 60.4 Å². The van der Waals surface area contributed by atoms with Crippen molar-refractivity contribution in [2.24, 2.45) is 0 Å². The molecule has 0 aliphatic heterocycles. The highest BCUT2D eigenvalue weighted by atomic mass is 16.7. The van der Waals surface area contributed by atoms with Crippen LogP contribution in [-0.4, -0.2) is 13.9 Å². The van der Waals surface area contributed by atoms with Gasteiger partial charge in [0.1, 0.15) is 5.75 Å². The Hall–Kier alpha value is -1.02. The van der Waals surface area contributed by atoms with Gasteiger partial charge in [0.05, 0.1) is 0 Å². The molecule has 1 aromatic carbocycles. The third-order valence-corrected chi connectivity index (χ3v) is 1.09. The molecule has 0 bridgehead atoms. The Morgan fingerprint density at radius 2 is 1.90 bits per heavy atom. The normalized spacial score (nSPS) is 9.30. The topological polar surface area (TPSA) is 18.5 Å². The van der Waals surface area contributed by atoms with Gasteiger partial charge >= 0.3 is 0 Å². The van der Waals surface area contributed by atoms with Crippen molar-refractivity contribution >= 4 is 0 Å². The van der Waals surface area contributed by atoms with Crippen molar-refractivity contribution in [2.75, 3.05) is 13.9 Å². The van der Waals surface area contributed by atoms with E-state index in [9.17, 15) is 0 Å². The summed E-state index contributed by atoms with van der Waals surface area (Å²) in [7, 11) is 1.60. The second-order valence-electron chi connectivity index (χ2n) is 1.86. The summed E-state index contributed by atoms with van der Waals surface area (Å²) in [6.45, 7) is 0.310. The zero-order valence-electron chi connectivity index (χ0n) is 5.91. The zero-order chi connectivity index (χ0) is 7.23. The maximum atomic E-state index is 5.13. The van der Waals surface area contributed by atoms with Gasteiger partial charge in [0.25, 0.3) is 0 Å². The van der Waals surface area contributed by atoms with Crippen LogP contribution in [0.1, 0.15) is 0 Å². The van der Waals surface area contributed by atoms with Gasteiger partial charge in [-0.05, 0) is 12.1 Å². The van der Waals surface area contributed by atoms with Gasteiger partial charge in [-0.2, -0.15) is 0 Å². The van der Waals surface area contributed by atoms with Crippen molar-refractivity contribution in [3.05, 3.63) is 30.3 Å². The van der Waals surface area contributed by atoms with E-state index in [1.165, 1.54) is 0 Å². The molecule has 0 amide bonds. The first-order valence-corrected chi connectivity index (χ1v) is 3.10. The largest absolute Gasteiger partial charge is 0.468 e. The van der Waals surface area contributed by atoms with Crippen LogP contribution in [0.5, 0.6) is 5.75 Å². The Kier molecular flexibility index (Phi) is 2.77. The third-order valence-electron chi connectivity index (χ3n) is 1.09. The van der Waals surface area contributed by atoms with E-state index in [0.29, 0.717) is 6.79 Å². The number of rotatable bonds is 3. The van der Waals surface area contributed by atoms with E-state index in [1.54, 1.807) is 7.11 Å². The Morgan fingerprint density at radius 3 is 2.50 bits per heavy atom. The standard InChI is InChI=1S/C8H10O2/c1-9-7-10-8-5-3-2-4-6-8/h2-6H,7H2,1H3. The monoisotopic (exact) mass is 138 g/mol. The summed E-state index contributed by atoms with van der Waals surface area (Å²) in [4.78, 5) is 0. The van der Waals surface area contributed by atoms with E-state index in [0.717, 1.165) is 5.75 Å². The average Bonchev–Trinajstić information content (AvgIpc) is 2.03. The summed E-state index contributed by atoms with van der Waals surface area (Å²) < 4.78 is 9.86. The SMILES string of the molecule is COCOc1ccccc1. The van der Waals surface area contributed by atoms with Crippen LogP contribution in [0.25, 0.3) is 0 Å². The molecule has 1 rings (SSSR count). The van der Waals surface area contributed by atoms with Crippen LogP contribution in [0.2, 0.25) is 0 Å². The van der Waals surface area contributed by atoms with Crippen LogP contribution < -0.4 is 4.74 Å². The first-order chi connectivity index (χ1) is 4.93. The van der Waals surface area contributed by atoms with Crippen LogP contribution in [0, 0.1) is 0 Å². The minimum atomic E-state index is 0.310. The molecular formula is C8H10O2. The highest BCUT2D eigenvalue weighted by Gasteiger charge is 1.86. The number of para-hydroxylation sites is 1. The fraction of sp³-hybridized carbons (Fsp3) is 0.250. The zero-order valence-corrected chi connectivity index (χ0v) is 5.91. The molecule has 54 valence electrons. The quantitative estimate of drug-likeness (QED) is 0.591. The van der Waals surface area contributed by atoms with Gasteiger partial charge in [-0.1, -0.05) is 18.2 Å². The molecule has 0 atom stereocenters. The Morgan fingerprint density at radius 1 is 1.20 bits per heavy atom. The van der Waals surface area contributed by atoms with Gasteiger partial charge in [-0.15, -0.1) is 0 Å². The number of hydrogen-bond donors (Lipinski definition) is 0. The first-order valence-electron chi connectivity index (χ1n) is 3.10. The lowest BCUT2D eigenvalue weighted by Crippen LogP contribution is -1.97. The van der Waals surface area contributed by atoms with E-state index in [1.807, 2.05) is 30.3 Å². The third kappa shape index (κ3) is 2.07. The first kappa shape index (κ1) is 7.09. The molecule has 0 saturated heterocycles. The summed E-state index contributed by atoms with van der Waals surface area (Å²) in [6, 6.07) is 9.56. The molecule has 2 heteroatoms. The molecule has 0 unspecified atom stereocenters. The molecular weight excluding hydrogens is 128 g/mol. The highest BCUT2D eigenvalue weighted by molar-refractivity contribution is 5.20. The average molecular weight is 138 g/mol. The Bertz CT molecular complexity index is 172. The summed E-state index contributed by atoms with van der Waals surface area (Å²) in [5.41, 5.74) is 0. The molecule has 0 aliphatic carbocycles. The second kappa shape index (κ2) is 3.90. The lowest BCUT2D eigenvalue weighted by molar-refractivity contribution is 0.0511.